The quantitative estimate of drug-likeness (QED) is 0.857. The minimum Gasteiger partial charge on any atom is -0.297 e. The second-order valence-electron chi connectivity index (χ2n) is 5.12. The summed E-state index contributed by atoms with van der Waals surface area (Å²) in [5.74, 6) is 0. The fourth-order valence-electron chi connectivity index (χ4n) is 2.65. The monoisotopic (exact) mass is 273 g/mol. The van der Waals surface area contributed by atoms with Gasteiger partial charge in [-0.3, -0.25) is 9.80 Å². The van der Waals surface area contributed by atoms with Gasteiger partial charge in [0, 0.05) is 37.6 Å². The van der Waals surface area contributed by atoms with Crippen molar-refractivity contribution in [3.8, 4) is 0 Å². The lowest BCUT2D eigenvalue weighted by Crippen LogP contribution is -2.46. The van der Waals surface area contributed by atoms with Crippen molar-refractivity contribution in [1.82, 2.24) is 14.8 Å². The van der Waals surface area contributed by atoms with Gasteiger partial charge in [-0.05, 0) is 12.6 Å². The molecule has 1 unspecified atom stereocenters. The number of piperazine rings is 1. The van der Waals surface area contributed by atoms with Crippen molar-refractivity contribution in [2.45, 2.75) is 12.6 Å². The van der Waals surface area contributed by atoms with Gasteiger partial charge < -0.3 is 0 Å². The van der Waals surface area contributed by atoms with Crippen molar-refractivity contribution in [3.63, 3.8) is 0 Å². The van der Waals surface area contributed by atoms with E-state index >= 15 is 0 Å². The van der Waals surface area contributed by atoms with Crippen LogP contribution in [0.25, 0.3) is 0 Å². The molecule has 0 radical (unpaired) electrons. The van der Waals surface area contributed by atoms with E-state index in [4.69, 9.17) is 0 Å². The Morgan fingerprint density at radius 1 is 1.26 bits per heavy atom. The van der Waals surface area contributed by atoms with Gasteiger partial charge in [-0.1, -0.05) is 30.3 Å². The summed E-state index contributed by atoms with van der Waals surface area (Å²) in [6.07, 6.45) is 0. The summed E-state index contributed by atoms with van der Waals surface area (Å²) in [7, 11) is 2.22. The molecular weight excluding hydrogens is 254 g/mol. The number of nitrogens with zero attached hydrogens (tertiary/aromatic N) is 3. The summed E-state index contributed by atoms with van der Waals surface area (Å²) in [5, 5.41) is 2.15. The summed E-state index contributed by atoms with van der Waals surface area (Å²) in [4.78, 5) is 9.35. The second kappa shape index (κ2) is 5.82. The van der Waals surface area contributed by atoms with E-state index in [9.17, 15) is 0 Å². The zero-order valence-electron chi connectivity index (χ0n) is 11.2. The van der Waals surface area contributed by atoms with Crippen LogP contribution in [0.3, 0.4) is 0 Å². The topological polar surface area (TPSA) is 19.4 Å². The van der Waals surface area contributed by atoms with Crippen molar-refractivity contribution < 1.29 is 0 Å². The molecule has 1 aliphatic heterocycles. The summed E-state index contributed by atoms with van der Waals surface area (Å²) in [5.41, 5.74) is 4.52. The Morgan fingerprint density at radius 3 is 2.84 bits per heavy atom. The molecule has 3 nitrogen and oxygen atoms in total. The Bertz CT molecular complexity index is 497. The van der Waals surface area contributed by atoms with Crippen molar-refractivity contribution in [1.29, 1.82) is 0 Å². The number of hydrogen-bond donors (Lipinski definition) is 0. The van der Waals surface area contributed by atoms with Gasteiger partial charge in [0.05, 0.1) is 11.2 Å². The Morgan fingerprint density at radius 2 is 2.11 bits per heavy atom. The first kappa shape index (κ1) is 12.8. The fourth-order valence-corrected chi connectivity index (χ4v) is 3.20. The maximum atomic E-state index is 4.39. The highest BCUT2D eigenvalue weighted by atomic mass is 32.1. The average Bonchev–Trinajstić information content (AvgIpc) is 2.95. The third kappa shape index (κ3) is 3.03. The number of likely N-dealkylation sites (N-methyl/N-ethyl adjacent to an activating group) is 1. The maximum Gasteiger partial charge on any atom is 0.0795 e. The minimum absolute atomic E-state index is 0.494. The average molecular weight is 273 g/mol. The lowest BCUT2D eigenvalue weighted by Gasteiger charge is -2.39. The second-order valence-corrected chi connectivity index (χ2v) is 5.84. The van der Waals surface area contributed by atoms with Crippen molar-refractivity contribution >= 4 is 11.3 Å². The van der Waals surface area contributed by atoms with E-state index in [1.165, 1.54) is 11.3 Å². The van der Waals surface area contributed by atoms with Gasteiger partial charge in [0.2, 0.25) is 0 Å². The van der Waals surface area contributed by atoms with E-state index in [1.807, 2.05) is 5.51 Å². The number of rotatable bonds is 3. The third-order valence-corrected chi connectivity index (χ3v) is 4.42. The first-order valence-electron chi connectivity index (χ1n) is 6.67. The van der Waals surface area contributed by atoms with Crippen molar-refractivity contribution in [2.75, 3.05) is 26.7 Å². The van der Waals surface area contributed by atoms with Crippen LogP contribution in [-0.4, -0.2) is 41.5 Å². The van der Waals surface area contributed by atoms with Gasteiger partial charge in [0.1, 0.15) is 0 Å². The highest BCUT2D eigenvalue weighted by Crippen LogP contribution is 2.24. The Hall–Kier alpha value is -1.23. The number of benzene rings is 1. The molecule has 2 aromatic rings. The van der Waals surface area contributed by atoms with Gasteiger partial charge in [-0.25, -0.2) is 4.98 Å². The SMILES string of the molecule is CN1CCN(Cc2cscn2)CC1c1ccccc1. The van der Waals surface area contributed by atoms with Crippen molar-refractivity contribution in [3.05, 3.63) is 52.5 Å². The van der Waals surface area contributed by atoms with E-state index < -0.39 is 0 Å². The summed E-state index contributed by atoms with van der Waals surface area (Å²) < 4.78 is 0. The van der Waals surface area contributed by atoms with E-state index in [2.05, 4.69) is 57.5 Å². The van der Waals surface area contributed by atoms with Gasteiger partial charge in [-0.15, -0.1) is 11.3 Å². The molecule has 1 atom stereocenters. The number of aromatic nitrogens is 1. The molecule has 3 rings (SSSR count). The van der Waals surface area contributed by atoms with Gasteiger partial charge in [-0.2, -0.15) is 0 Å². The molecule has 1 aliphatic rings. The molecule has 1 aromatic heterocycles. The molecule has 0 saturated carbocycles. The molecule has 1 aromatic carbocycles. The molecule has 0 spiro atoms. The lowest BCUT2D eigenvalue weighted by molar-refractivity contribution is 0.0897. The molecule has 19 heavy (non-hydrogen) atoms. The smallest absolute Gasteiger partial charge is 0.0795 e. The van der Waals surface area contributed by atoms with Crippen LogP contribution in [0.1, 0.15) is 17.3 Å². The van der Waals surface area contributed by atoms with E-state index in [0.717, 1.165) is 26.2 Å². The van der Waals surface area contributed by atoms with Crippen LogP contribution in [0.15, 0.2) is 41.2 Å². The van der Waals surface area contributed by atoms with Crippen LogP contribution in [-0.2, 0) is 6.54 Å². The zero-order chi connectivity index (χ0) is 13.1. The molecule has 2 heterocycles. The molecule has 0 bridgehead atoms. The largest absolute Gasteiger partial charge is 0.297 e. The van der Waals surface area contributed by atoms with Crippen LogP contribution in [0, 0.1) is 0 Å². The highest BCUT2D eigenvalue weighted by Gasteiger charge is 2.25. The summed E-state index contributed by atoms with van der Waals surface area (Å²) >= 11 is 1.68. The molecule has 0 amide bonds. The number of thiazole rings is 1. The van der Waals surface area contributed by atoms with E-state index in [0.29, 0.717) is 6.04 Å². The predicted octanol–water partition coefficient (Wildman–Crippen LogP) is 2.63. The predicted molar refractivity (Wildman–Crippen MR) is 79.2 cm³/mol. The third-order valence-electron chi connectivity index (χ3n) is 3.79. The number of hydrogen-bond acceptors (Lipinski definition) is 4. The molecule has 1 fully saturated rings. The molecule has 1 saturated heterocycles. The molecule has 0 aliphatic carbocycles. The fraction of sp³-hybridized carbons (Fsp3) is 0.400. The first-order chi connectivity index (χ1) is 9.33. The zero-order valence-corrected chi connectivity index (χ0v) is 12.0. The van der Waals surface area contributed by atoms with Crippen LogP contribution < -0.4 is 0 Å². The molecule has 100 valence electrons. The van der Waals surface area contributed by atoms with E-state index in [1.54, 1.807) is 11.3 Å². The van der Waals surface area contributed by atoms with Gasteiger partial charge in [0.25, 0.3) is 0 Å². The van der Waals surface area contributed by atoms with Crippen LogP contribution in [0.5, 0.6) is 0 Å². The van der Waals surface area contributed by atoms with Gasteiger partial charge >= 0.3 is 0 Å². The van der Waals surface area contributed by atoms with E-state index in [-0.39, 0.29) is 0 Å². The lowest BCUT2D eigenvalue weighted by atomic mass is 10.0. The first-order valence-corrected chi connectivity index (χ1v) is 7.62. The standard InChI is InChI=1S/C15H19N3S/c1-17-7-8-18(9-14-11-19-12-16-14)10-15(17)13-5-3-2-4-6-13/h2-6,11-12,15H,7-10H2,1H3. The van der Waals surface area contributed by atoms with Crippen LogP contribution in [0.2, 0.25) is 0 Å². The molecule has 4 heteroatoms. The maximum absolute atomic E-state index is 4.39. The molecule has 0 N–H and O–H groups in total. The van der Waals surface area contributed by atoms with Crippen LogP contribution >= 0.6 is 11.3 Å². The highest BCUT2D eigenvalue weighted by molar-refractivity contribution is 7.07. The van der Waals surface area contributed by atoms with Crippen LogP contribution in [0.4, 0.5) is 0 Å². The summed E-state index contributed by atoms with van der Waals surface area (Å²) in [6, 6.07) is 11.3. The Labute approximate surface area is 118 Å². The Kier molecular flexibility index (Phi) is 3.92. The van der Waals surface area contributed by atoms with Crippen molar-refractivity contribution in [2.24, 2.45) is 0 Å². The normalized spacial score (nSPS) is 21.6. The van der Waals surface area contributed by atoms with Gasteiger partial charge in [0.15, 0.2) is 0 Å². The minimum atomic E-state index is 0.494. The Balaban J connectivity index is 1.70. The molecular formula is C15H19N3S. The summed E-state index contributed by atoms with van der Waals surface area (Å²) in [6.45, 7) is 4.29.